The SMILES string of the molecule is CC(=O)OC(C)C(=S)N(N)Cc1cccc(OCc2ccccc2)c1. The van der Waals surface area contributed by atoms with Crippen molar-refractivity contribution in [3.05, 3.63) is 65.7 Å². The molecule has 5 nitrogen and oxygen atoms in total. The van der Waals surface area contributed by atoms with Crippen molar-refractivity contribution in [1.29, 1.82) is 0 Å². The second kappa shape index (κ2) is 9.15. The summed E-state index contributed by atoms with van der Waals surface area (Å²) in [6.07, 6.45) is -0.546. The normalized spacial score (nSPS) is 11.5. The molecular weight excluding hydrogens is 336 g/mol. The fourth-order valence-corrected chi connectivity index (χ4v) is 2.39. The number of hydrogen-bond donors (Lipinski definition) is 1. The molecule has 0 aliphatic rings. The van der Waals surface area contributed by atoms with Crippen molar-refractivity contribution in [3.63, 3.8) is 0 Å². The van der Waals surface area contributed by atoms with E-state index in [4.69, 9.17) is 27.5 Å². The number of nitrogens with zero attached hydrogens (tertiary/aromatic N) is 1. The average molecular weight is 358 g/mol. The molecule has 2 rings (SSSR count). The van der Waals surface area contributed by atoms with Gasteiger partial charge in [0, 0.05) is 6.92 Å². The molecule has 1 unspecified atom stereocenters. The molecule has 0 aliphatic carbocycles. The summed E-state index contributed by atoms with van der Waals surface area (Å²) in [5.74, 6) is 6.37. The number of hydrogen-bond acceptors (Lipinski definition) is 5. The minimum absolute atomic E-state index is 0.366. The predicted molar refractivity (Wildman–Crippen MR) is 101 cm³/mol. The van der Waals surface area contributed by atoms with Crippen LogP contribution in [0.5, 0.6) is 5.75 Å². The smallest absolute Gasteiger partial charge is 0.303 e. The summed E-state index contributed by atoms with van der Waals surface area (Å²) in [4.78, 5) is 11.4. The van der Waals surface area contributed by atoms with E-state index in [1.54, 1.807) is 6.92 Å². The van der Waals surface area contributed by atoms with Crippen LogP contribution in [0.4, 0.5) is 0 Å². The van der Waals surface area contributed by atoms with Crippen molar-refractivity contribution in [2.45, 2.75) is 33.1 Å². The Kier molecular flexibility index (Phi) is 6.91. The summed E-state index contributed by atoms with van der Waals surface area (Å²) in [6.45, 7) is 3.93. The quantitative estimate of drug-likeness (QED) is 0.355. The molecule has 0 spiro atoms. The Balaban J connectivity index is 1.94. The van der Waals surface area contributed by atoms with E-state index in [0.717, 1.165) is 16.9 Å². The van der Waals surface area contributed by atoms with Crippen LogP contribution in [0.2, 0.25) is 0 Å². The third kappa shape index (κ3) is 6.17. The van der Waals surface area contributed by atoms with E-state index < -0.39 is 6.10 Å². The lowest BCUT2D eigenvalue weighted by Crippen LogP contribution is -2.42. The topological polar surface area (TPSA) is 64.8 Å². The first-order chi connectivity index (χ1) is 12.0. The fourth-order valence-electron chi connectivity index (χ4n) is 2.28. The highest BCUT2D eigenvalue weighted by atomic mass is 32.1. The molecule has 0 heterocycles. The lowest BCUT2D eigenvalue weighted by molar-refractivity contribution is -0.142. The van der Waals surface area contributed by atoms with Gasteiger partial charge in [-0.3, -0.25) is 9.80 Å². The Morgan fingerprint density at radius 1 is 1.16 bits per heavy atom. The van der Waals surface area contributed by atoms with Gasteiger partial charge in [0.15, 0.2) is 6.10 Å². The molecular formula is C19H22N2O3S. The van der Waals surface area contributed by atoms with Gasteiger partial charge in [0.25, 0.3) is 0 Å². The molecule has 2 aromatic carbocycles. The fraction of sp³-hybridized carbons (Fsp3) is 0.263. The van der Waals surface area contributed by atoms with Crippen molar-refractivity contribution < 1.29 is 14.3 Å². The van der Waals surface area contributed by atoms with Crippen molar-refractivity contribution in [2.24, 2.45) is 5.84 Å². The van der Waals surface area contributed by atoms with E-state index in [2.05, 4.69) is 0 Å². The number of nitrogens with two attached hydrogens (primary N) is 1. The van der Waals surface area contributed by atoms with Crippen molar-refractivity contribution in [3.8, 4) is 5.75 Å². The van der Waals surface area contributed by atoms with Crippen LogP contribution in [0.3, 0.4) is 0 Å². The van der Waals surface area contributed by atoms with Gasteiger partial charge in [0.05, 0.1) is 6.54 Å². The van der Waals surface area contributed by atoms with Crippen LogP contribution < -0.4 is 10.6 Å². The summed E-state index contributed by atoms with van der Waals surface area (Å²) >= 11 is 5.26. The number of benzene rings is 2. The monoisotopic (exact) mass is 358 g/mol. The highest BCUT2D eigenvalue weighted by Crippen LogP contribution is 2.16. The van der Waals surface area contributed by atoms with Crippen LogP contribution in [0, 0.1) is 0 Å². The van der Waals surface area contributed by atoms with Gasteiger partial charge in [-0.15, -0.1) is 0 Å². The van der Waals surface area contributed by atoms with Gasteiger partial charge in [-0.1, -0.05) is 54.7 Å². The first kappa shape index (κ1) is 18.9. The Morgan fingerprint density at radius 2 is 1.84 bits per heavy atom. The number of hydrazine groups is 1. The first-order valence-corrected chi connectivity index (χ1v) is 8.35. The van der Waals surface area contributed by atoms with Gasteiger partial charge in [-0.2, -0.15) is 0 Å². The summed E-state index contributed by atoms with van der Waals surface area (Å²) in [5.41, 5.74) is 2.05. The number of ether oxygens (including phenoxy) is 2. The minimum atomic E-state index is -0.546. The molecule has 0 aliphatic heterocycles. The van der Waals surface area contributed by atoms with Gasteiger partial charge >= 0.3 is 5.97 Å². The molecule has 1 atom stereocenters. The number of carbonyl (C=O) groups is 1. The van der Waals surface area contributed by atoms with E-state index in [-0.39, 0.29) is 5.97 Å². The van der Waals surface area contributed by atoms with Crippen molar-refractivity contribution in [2.75, 3.05) is 0 Å². The number of carbonyl (C=O) groups excluding carboxylic acids is 1. The molecule has 25 heavy (non-hydrogen) atoms. The van der Waals surface area contributed by atoms with Crippen LogP contribution in [-0.2, 0) is 22.7 Å². The molecule has 2 aromatic rings. The number of rotatable bonds is 7. The molecule has 0 radical (unpaired) electrons. The van der Waals surface area contributed by atoms with Crippen molar-refractivity contribution in [1.82, 2.24) is 5.01 Å². The van der Waals surface area contributed by atoms with Gasteiger partial charge in [-0.25, -0.2) is 5.84 Å². The lowest BCUT2D eigenvalue weighted by atomic mass is 10.2. The van der Waals surface area contributed by atoms with Gasteiger partial charge in [0.1, 0.15) is 17.3 Å². The zero-order valence-electron chi connectivity index (χ0n) is 14.3. The molecule has 0 aromatic heterocycles. The van der Waals surface area contributed by atoms with E-state index in [1.165, 1.54) is 11.9 Å². The average Bonchev–Trinajstić information content (AvgIpc) is 2.60. The Morgan fingerprint density at radius 3 is 2.52 bits per heavy atom. The highest BCUT2D eigenvalue weighted by Gasteiger charge is 2.16. The van der Waals surface area contributed by atoms with Gasteiger partial charge in [0.2, 0.25) is 0 Å². The Bertz CT molecular complexity index is 722. The summed E-state index contributed by atoms with van der Waals surface area (Å²) < 4.78 is 10.9. The zero-order chi connectivity index (χ0) is 18.2. The summed E-state index contributed by atoms with van der Waals surface area (Å²) in [6, 6.07) is 17.6. The second-order valence-electron chi connectivity index (χ2n) is 5.64. The molecule has 6 heteroatoms. The maximum atomic E-state index is 11.0. The van der Waals surface area contributed by atoms with E-state index in [1.807, 2.05) is 54.6 Å². The van der Waals surface area contributed by atoms with E-state index in [0.29, 0.717) is 18.1 Å². The Labute approximate surface area is 153 Å². The third-order valence-corrected chi connectivity index (χ3v) is 4.04. The van der Waals surface area contributed by atoms with Crippen LogP contribution in [0.25, 0.3) is 0 Å². The van der Waals surface area contributed by atoms with Crippen LogP contribution >= 0.6 is 12.2 Å². The van der Waals surface area contributed by atoms with Crippen LogP contribution in [-0.4, -0.2) is 22.1 Å². The largest absolute Gasteiger partial charge is 0.489 e. The van der Waals surface area contributed by atoms with Crippen LogP contribution in [0.15, 0.2) is 54.6 Å². The van der Waals surface area contributed by atoms with Crippen molar-refractivity contribution >= 4 is 23.2 Å². The molecule has 0 saturated carbocycles. The molecule has 0 saturated heterocycles. The van der Waals surface area contributed by atoms with E-state index in [9.17, 15) is 4.79 Å². The molecule has 2 N–H and O–H groups in total. The predicted octanol–water partition coefficient (Wildman–Crippen LogP) is 3.22. The molecule has 0 bridgehead atoms. The number of esters is 1. The van der Waals surface area contributed by atoms with Crippen LogP contribution in [0.1, 0.15) is 25.0 Å². The number of thiocarbonyl (C=S) groups is 1. The lowest BCUT2D eigenvalue weighted by Gasteiger charge is -2.23. The maximum absolute atomic E-state index is 11.0. The summed E-state index contributed by atoms with van der Waals surface area (Å²) in [7, 11) is 0. The third-order valence-electron chi connectivity index (χ3n) is 3.47. The van der Waals surface area contributed by atoms with Gasteiger partial charge < -0.3 is 9.47 Å². The molecule has 132 valence electrons. The van der Waals surface area contributed by atoms with Gasteiger partial charge in [-0.05, 0) is 30.2 Å². The molecule has 0 amide bonds. The highest BCUT2D eigenvalue weighted by molar-refractivity contribution is 7.80. The van der Waals surface area contributed by atoms with E-state index >= 15 is 0 Å². The summed E-state index contributed by atoms with van der Waals surface area (Å²) in [5, 5.41) is 1.40. The zero-order valence-corrected chi connectivity index (χ0v) is 15.2. The second-order valence-corrected chi connectivity index (χ2v) is 6.06. The standard InChI is InChI=1S/C19H22N2O3S/c1-14(24-15(2)22)19(25)21(20)12-17-9-6-10-18(11-17)23-13-16-7-4-3-5-8-16/h3-11,14H,12-13,20H2,1-2H3. The first-order valence-electron chi connectivity index (χ1n) is 7.94. The Hall–Kier alpha value is -2.44. The molecule has 0 fully saturated rings. The maximum Gasteiger partial charge on any atom is 0.303 e. The minimum Gasteiger partial charge on any atom is -0.489 e.